The van der Waals surface area contributed by atoms with E-state index in [0.29, 0.717) is 12.2 Å². The molecule has 8 heteroatoms. The van der Waals surface area contributed by atoms with Crippen molar-refractivity contribution in [3.05, 3.63) is 27.9 Å². The fourth-order valence-electron chi connectivity index (χ4n) is 4.00. The number of morpholine rings is 1. The molecule has 5 heterocycles. The van der Waals surface area contributed by atoms with Crippen molar-refractivity contribution in [1.82, 2.24) is 24.4 Å². The van der Waals surface area contributed by atoms with Gasteiger partial charge in [0.15, 0.2) is 9.65 Å². The molecular weight excluding hydrogens is 431 g/mol. The summed E-state index contributed by atoms with van der Waals surface area (Å²) in [6.45, 7) is 3.85. The van der Waals surface area contributed by atoms with Crippen LogP contribution in [0.2, 0.25) is 0 Å². The lowest BCUT2D eigenvalue weighted by atomic mass is 10.1. The fraction of sp³-hybridized carbons (Fsp3) is 0.471. The largest absolute Gasteiger partial charge is 0.371 e. The standard InChI is InChI=1S/C17H19IN6O/c1-10-16-13(14-5-6-19-22(14)2)7-15(21-24(16)17(18)20-10)23-8-11-3-4-12(9-23)25-11/h5-7,11-12H,3-4,8-9H2,1-2H3. The summed E-state index contributed by atoms with van der Waals surface area (Å²) in [6, 6.07) is 4.23. The summed E-state index contributed by atoms with van der Waals surface area (Å²) in [5.74, 6) is 0.985. The highest BCUT2D eigenvalue weighted by atomic mass is 127. The Bertz CT molecular complexity index is 952. The number of ether oxygens (including phenoxy) is 1. The van der Waals surface area contributed by atoms with E-state index >= 15 is 0 Å². The molecule has 0 N–H and O–H groups in total. The Morgan fingerprint density at radius 3 is 2.68 bits per heavy atom. The smallest absolute Gasteiger partial charge is 0.192 e. The normalized spacial score (nSPS) is 22.9. The van der Waals surface area contributed by atoms with Crippen molar-refractivity contribution in [2.45, 2.75) is 32.0 Å². The van der Waals surface area contributed by atoms with Gasteiger partial charge in [0.2, 0.25) is 0 Å². The van der Waals surface area contributed by atoms with Gasteiger partial charge in [0.1, 0.15) is 0 Å². The van der Waals surface area contributed by atoms with E-state index in [1.807, 2.05) is 35.4 Å². The average Bonchev–Trinajstić information content (AvgIpc) is 3.25. The lowest BCUT2D eigenvalue weighted by molar-refractivity contribution is 0.0301. The van der Waals surface area contributed by atoms with E-state index in [-0.39, 0.29) is 0 Å². The Morgan fingerprint density at radius 1 is 1.24 bits per heavy atom. The quantitative estimate of drug-likeness (QED) is 0.562. The van der Waals surface area contributed by atoms with Crippen LogP contribution in [-0.2, 0) is 11.8 Å². The number of hydrogen-bond donors (Lipinski definition) is 0. The molecule has 0 radical (unpaired) electrons. The van der Waals surface area contributed by atoms with Crippen molar-refractivity contribution >= 4 is 33.9 Å². The van der Waals surface area contributed by atoms with Crippen LogP contribution in [0.5, 0.6) is 0 Å². The van der Waals surface area contributed by atoms with Gasteiger partial charge in [-0.3, -0.25) is 4.68 Å². The predicted molar refractivity (Wildman–Crippen MR) is 103 cm³/mol. The Kier molecular flexibility index (Phi) is 3.53. The first-order valence-electron chi connectivity index (χ1n) is 8.55. The molecule has 2 unspecified atom stereocenters. The molecule has 0 spiro atoms. The third kappa shape index (κ3) is 2.45. The molecule has 2 atom stereocenters. The Hall–Kier alpha value is -1.68. The van der Waals surface area contributed by atoms with Crippen molar-refractivity contribution < 1.29 is 4.74 Å². The number of halogens is 1. The number of imidazole rings is 1. The highest BCUT2D eigenvalue weighted by molar-refractivity contribution is 14.1. The molecule has 130 valence electrons. The van der Waals surface area contributed by atoms with Gasteiger partial charge in [0.25, 0.3) is 0 Å². The van der Waals surface area contributed by atoms with Gasteiger partial charge in [0.05, 0.1) is 29.1 Å². The van der Waals surface area contributed by atoms with Crippen LogP contribution in [0.25, 0.3) is 16.8 Å². The van der Waals surface area contributed by atoms with Gasteiger partial charge in [-0.2, -0.15) is 5.10 Å². The highest BCUT2D eigenvalue weighted by Gasteiger charge is 2.34. The van der Waals surface area contributed by atoms with Gasteiger partial charge < -0.3 is 9.64 Å². The zero-order chi connectivity index (χ0) is 17.1. The molecule has 0 amide bonds. The van der Waals surface area contributed by atoms with Crippen LogP contribution in [0.3, 0.4) is 0 Å². The number of nitrogens with zero attached hydrogens (tertiary/aromatic N) is 6. The molecule has 25 heavy (non-hydrogen) atoms. The molecule has 2 saturated heterocycles. The third-order valence-electron chi connectivity index (χ3n) is 5.18. The number of fused-ring (bicyclic) bond motifs is 3. The number of aromatic nitrogens is 5. The van der Waals surface area contributed by atoms with Crippen LogP contribution in [0, 0.1) is 10.8 Å². The van der Waals surface area contributed by atoms with Crippen LogP contribution in [0.1, 0.15) is 18.5 Å². The second-order valence-electron chi connectivity index (χ2n) is 6.85. The lowest BCUT2D eigenvalue weighted by Gasteiger charge is -2.33. The molecule has 7 nitrogen and oxygen atoms in total. The van der Waals surface area contributed by atoms with E-state index < -0.39 is 0 Å². The second-order valence-corrected chi connectivity index (χ2v) is 7.81. The summed E-state index contributed by atoms with van der Waals surface area (Å²) in [5.41, 5.74) is 4.23. The topological polar surface area (TPSA) is 60.5 Å². The van der Waals surface area contributed by atoms with Crippen molar-refractivity contribution in [1.29, 1.82) is 0 Å². The predicted octanol–water partition coefficient (Wildman–Crippen LogP) is 2.41. The molecule has 0 aromatic carbocycles. The van der Waals surface area contributed by atoms with E-state index in [0.717, 1.165) is 58.0 Å². The zero-order valence-electron chi connectivity index (χ0n) is 14.2. The summed E-state index contributed by atoms with van der Waals surface area (Å²) in [6.07, 6.45) is 4.80. The van der Waals surface area contributed by atoms with E-state index in [4.69, 9.17) is 9.84 Å². The monoisotopic (exact) mass is 450 g/mol. The minimum Gasteiger partial charge on any atom is -0.371 e. The van der Waals surface area contributed by atoms with Crippen molar-refractivity contribution in [2.75, 3.05) is 18.0 Å². The number of anilines is 1. The van der Waals surface area contributed by atoms with Gasteiger partial charge in [-0.25, -0.2) is 9.50 Å². The molecule has 2 aliphatic rings. The number of aryl methyl sites for hydroxylation is 2. The molecule has 0 aliphatic carbocycles. The summed E-state index contributed by atoms with van der Waals surface area (Å²) in [5, 5.41) is 9.25. The second kappa shape index (κ2) is 5.66. The highest BCUT2D eigenvalue weighted by Crippen LogP contribution is 2.33. The lowest BCUT2D eigenvalue weighted by Crippen LogP contribution is -2.43. The summed E-state index contributed by atoms with van der Waals surface area (Å²) < 4.78 is 10.7. The van der Waals surface area contributed by atoms with E-state index in [2.05, 4.69) is 43.6 Å². The fourth-order valence-corrected chi connectivity index (χ4v) is 4.71. The Labute approximate surface area is 159 Å². The molecule has 2 fully saturated rings. The molecule has 2 aliphatic heterocycles. The maximum Gasteiger partial charge on any atom is 0.192 e. The van der Waals surface area contributed by atoms with E-state index in [1.54, 1.807) is 0 Å². The Morgan fingerprint density at radius 2 is 2.00 bits per heavy atom. The SMILES string of the molecule is Cc1nc(I)n2nc(N3CC4CCC(C3)O4)cc(-c3ccnn3C)c12. The number of hydrogen-bond acceptors (Lipinski definition) is 5. The maximum absolute atomic E-state index is 5.98. The summed E-state index contributed by atoms with van der Waals surface area (Å²) in [7, 11) is 1.97. The van der Waals surface area contributed by atoms with E-state index in [1.165, 1.54) is 0 Å². The number of rotatable bonds is 2. The Balaban J connectivity index is 1.70. The molecule has 0 saturated carbocycles. The first-order valence-corrected chi connectivity index (χ1v) is 9.62. The van der Waals surface area contributed by atoms with Gasteiger partial charge in [-0.1, -0.05) is 0 Å². The van der Waals surface area contributed by atoms with Gasteiger partial charge in [-0.15, -0.1) is 5.10 Å². The van der Waals surface area contributed by atoms with Crippen LogP contribution in [0.4, 0.5) is 5.82 Å². The third-order valence-corrected chi connectivity index (χ3v) is 5.88. The van der Waals surface area contributed by atoms with Crippen LogP contribution >= 0.6 is 22.6 Å². The average molecular weight is 450 g/mol. The molecule has 2 bridgehead atoms. The molecule has 5 rings (SSSR count). The zero-order valence-corrected chi connectivity index (χ0v) is 16.3. The van der Waals surface area contributed by atoms with Crippen LogP contribution < -0.4 is 4.90 Å². The molecule has 3 aromatic rings. The first kappa shape index (κ1) is 15.6. The summed E-state index contributed by atoms with van der Waals surface area (Å²) in [4.78, 5) is 6.99. The van der Waals surface area contributed by atoms with Crippen molar-refractivity contribution in [3.8, 4) is 11.3 Å². The van der Waals surface area contributed by atoms with E-state index in [9.17, 15) is 0 Å². The van der Waals surface area contributed by atoms with Crippen molar-refractivity contribution in [2.24, 2.45) is 7.05 Å². The van der Waals surface area contributed by atoms with Gasteiger partial charge >= 0.3 is 0 Å². The minimum atomic E-state index is 0.333. The first-order chi connectivity index (χ1) is 12.1. The molecular formula is C17H19IN6O. The van der Waals surface area contributed by atoms with Crippen LogP contribution in [0.15, 0.2) is 18.3 Å². The summed E-state index contributed by atoms with van der Waals surface area (Å²) >= 11 is 2.25. The van der Waals surface area contributed by atoms with Crippen molar-refractivity contribution in [3.63, 3.8) is 0 Å². The maximum atomic E-state index is 5.98. The molecule has 3 aromatic heterocycles. The van der Waals surface area contributed by atoms with Gasteiger partial charge in [-0.05, 0) is 31.9 Å². The minimum absolute atomic E-state index is 0.333. The van der Waals surface area contributed by atoms with Crippen LogP contribution in [-0.4, -0.2) is 49.7 Å². The van der Waals surface area contributed by atoms with Gasteiger partial charge in [0, 0.05) is 54.5 Å².